The molecule has 0 aromatic carbocycles. The Bertz CT molecular complexity index is 623. The molecule has 0 aromatic heterocycles. The Morgan fingerprint density at radius 3 is 1.32 bits per heavy atom. The third-order valence-corrected chi connectivity index (χ3v) is 6.67. The zero-order valence-corrected chi connectivity index (χ0v) is 25.4. The van der Waals surface area contributed by atoms with Gasteiger partial charge in [0, 0.05) is 6.42 Å². The monoisotopic (exact) mass is 526 g/mol. The normalized spacial score (nSPS) is 12.4. The molecular weight excluding hydrogens is 464 g/mol. The summed E-state index contributed by atoms with van der Waals surface area (Å²) in [6.45, 7) is 5.04. The van der Waals surface area contributed by atoms with Crippen LogP contribution >= 0.6 is 0 Å². The van der Waals surface area contributed by atoms with E-state index in [0.29, 0.717) is 13.0 Å². The van der Waals surface area contributed by atoms with Crippen LogP contribution in [0.2, 0.25) is 0 Å². The first-order valence-electron chi connectivity index (χ1n) is 16.2. The van der Waals surface area contributed by atoms with Gasteiger partial charge in [-0.25, -0.2) is 0 Å². The van der Waals surface area contributed by atoms with Gasteiger partial charge in [-0.15, -0.1) is 0 Å². The van der Waals surface area contributed by atoms with E-state index in [2.05, 4.69) is 74.6 Å². The highest BCUT2D eigenvalue weighted by atomic mass is 16.5. The summed E-state index contributed by atoms with van der Waals surface area (Å²) in [5.41, 5.74) is 0. The Hall–Kier alpha value is -1.83. The van der Waals surface area contributed by atoms with Crippen molar-refractivity contribution < 1.29 is 9.53 Å². The van der Waals surface area contributed by atoms with Gasteiger partial charge in [-0.1, -0.05) is 158 Å². The molecule has 218 valence electrons. The van der Waals surface area contributed by atoms with Crippen molar-refractivity contribution in [1.29, 1.82) is 0 Å². The fourth-order valence-electron chi connectivity index (χ4n) is 4.29. The molecule has 0 aliphatic carbocycles. The van der Waals surface area contributed by atoms with Gasteiger partial charge in [-0.3, -0.25) is 4.79 Å². The Morgan fingerprint density at radius 2 is 0.868 bits per heavy atom. The lowest BCUT2D eigenvalue weighted by Crippen LogP contribution is -2.05. The fourth-order valence-corrected chi connectivity index (χ4v) is 4.29. The summed E-state index contributed by atoms with van der Waals surface area (Å²) in [7, 11) is 0. The largest absolute Gasteiger partial charge is 0.466 e. The van der Waals surface area contributed by atoms with Crippen molar-refractivity contribution in [3.63, 3.8) is 0 Å². The number of rotatable bonds is 28. The van der Waals surface area contributed by atoms with E-state index in [9.17, 15) is 4.79 Å². The quantitative estimate of drug-likeness (QED) is 0.0575. The van der Waals surface area contributed by atoms with Gasteiger partial charge in [0.2, 0.25) is 0 Å². The Labute approximate surface area is 237 Å². The maximum Gasteiger partial charge on any atom is 0.305 e. The molecule has 0 fully saturated rings. The molecule has 0 N–H and O–H groups in total. The zero-order valence-electron chi connectivity index (χ0n) is 25.4. The molecule has 2 nitrogen and oxygen atoms in total. The third-order valence-electron chi connectivity index (χ3n) is 6.67. The molecule has 0 aliphatic heterocycles. The number of unbranched alkanes of at least 4 members (excludes halogenated alkanes) is 14. The summed E-state index contributed by atoms with van der Waals surface area (Å²) >= 11 is 0. The van der Waals surface area contributed by atoms with Crippen molar-refractivity contribution in [2.24, 2.45) is 0 Å². The van der Waals surface area contributed by atoms with Crippen LogP contribution < -0.4 is 0 Å². The highest BCUT2D eigenvalue weighted by Crippen LogP contribution is 2.13. The number of carbonyl (C=O) groups excluding carboxylic acids is 1. The third kappa shape index (κ3) is 32.2. The minimum Gasteiger partial charge on any atom is -0.466 e. The Morgan fingerprint density at radius 1 is 0.474 bits per heavy atom. The van der Waals surface area contributed by atoms with Crippen molar-refractivity contribution in [3.05, 3.63) is 60.8 Å². The van der Waals surface area contributed by atoms with Crippen LogP contribution in [0.3, 0.4) is 0 Å². The summed E-state index contributed by atoms with van der Waals surface area (Å²) in [4.78, 5) is 11.9. The number of carbonyl (C=O) groups is 1. The topological polar surface area (TPSA) is 26.3 Å². The zero-order chi connectivity index (χ0) is 27.6. The number of hydrogen-bond acceptors (Lipinski definition) is 2. The van der Waals surface area contributed by atoms with Crippen LogP contribution in [0.4, 0.5) is 0 Å². The van der Waals surface area contributed by atoms with Crippen LogP contribution in [0, 0.1) is 0 Å². The lowest BCUT2D eigenvalue weighted by atomic mass is 10.0. The average molecular weight is 527 g/mol. The SMILES string of the molecule is CC/C=C/C/C=C/C/C=C/C/C=C/C/C=C/CCCC(=O)OCCCCCCCCCCCCCCCC. The van der Waals surface area contributed by atoms with Gasteiger partial charge >= 0.3 is 5.97 Å². The highest BCUT2D eigenvalue weighted by molar-refractivity contribution is 5.69. The fraction of sp³-hybridized carbons (Fsp3) is 0.694. The van der Waals surface area contributed by atoms with E-state index in [1.165, 1.54) is 83.5 Å². The molecule has 0 unspecified atom stereocenters. The number of hydrogen-bond donors (Lipinski definition) is 0. The van der Waals surface area contributed by atoms with Crippen LogP contribution in [0.25, 0.3) is 0 Å². The lowest BCUT2D eigenvalue weighted by molar-refractivity contribution is -0.143. The molecule has 0 amide bonds. The van der Waals surface area contributed by atoms with Gasteiger partial charge in [0.1, 0.15) is 0 Å². The van der Waals surface area contributed by atoms with Gasteiger partial charge < -0.3 is 4.74 Å². The molecule has 0 spiro atoms. The van der Waals surface area contributed by atoms with Crippen LogP contribution in [-0.4, -0.2) is 12.6 Å². The standard InChI is InChI=1S/C36H62O2/c1-3-5-7-9-11-13-15-17-19-20-21-22-24-26-28-30-32-34-36(37)38-35-33-31-29-27-25-23-18-16-14-12-10-8-6-4-2/h5,7,11,13,17,19,21-22,26,28H,3-4,6,8-10,12,14-16,18,20,23-25,27,29-35H2,1-2H3/b7-5+,13-11+,19-17+,22-21+,28-26+. The van der Waals surface area contributed by atoms with E-state index in [1.807, 2.05) is 0 Å². The molecule has 0 aliphatic rings. The van der Waals surface area contributed by atoms with Crippen LogP contribution in [-0.2, 0) is 9.53 Å². The van der Waals surface area contributed by atoms with Crippen molar-refractivity contribution in [2.45, 2.75) is 155 Å². The van der Waals surface area contributed by atoms with E-state index >= 15 is 0 Å². The number of ether oxygens (including phenoxy) is 1. The maximum absolute atomic E-state index is 11.9. The molecule has 0 atom stereocenters. The van der Waals surface area contributed by atoms with Crippen LogP contribution in [0.15, 0.2) is 60.8 Å². The molecule has 0 bridgehead atoms. The van der Waals surface area contributed by atoms with Gasteiger partial charge in [0.05, 0.1) is 6.61 Å². The average Bonchev–Trinajstić information content (AvgIpc) is 2.92. The van der Waals surface area contributed by atoms with E-state index < -0.39 is 0 Å². The predicted octanol–water partition coefficient (Wildman–Crippen LogP) is 11.9. The molecule has 0 saturated carbocycles. The second-order valence-electron chi connectivity index (χ2n) is 10.4. The van der Waals surface area contributed by atoms with Crippen molar-refractivity contribution >= 4 is 5.97 Å². The predicted molar refractivity (Wildman–Crippen MR) is 170 cm³/mol. The van der Waals surface area contributed by atoms with Crippen molar-refractivity contribution in [3.8, 4) is 0 Å². The lowest BCUT2D eigenvalue weighted by Gasteiger charge is -2.05. The maximum atomic E-state index is 11.9. The first kappa shape index (κ1) is 36.2. The van der Waals surface area contributed by atoms with E-state index in [0.717, 1.165) is 51.4 Å². The molecule has 38 heavy (non-hydrogen) atoms. The summed E-state index contributed by atoms with van der Waals surface area (Å²) in [6.07, 6.45) is 48.4. The van der Waals surface area contributed by atoms with Crippen molar-refractivity contribution in [2.75, 3.05) is 6.61 Å². The minimum absolute atomic E-state index is 0.0351. The molecule has 0 aromatic rings. The van der Waals surface area contributed by atoms with E-state index in [4.69, 9.17) is 4.74 Å². The second kappa shape index (κ2) is 33.2. The summed E-state index contributed by atoms with van der Waals surface area (Å²) in [6, 6.07) is 0. The molecular formula is C36H62O2. The molecule has 0 heterocycles. The smallest absolute Gasteiger partial charge is 0.305 e. The number of allylic oxidation sites excluding steroid dienone is 10. The van der Waals surface area contributed by atoms with E-state index in [1.54, 1.807) is 0 Å². The van der Waals surface area contributed by atoms with Gasteiger partial charge in [-0.2, -0.15) is 0 Å². The minimum atomic E-state index is -0.0351. The van der Waals surface area contributed by atoms with Crippen LogP contribution in [0.5, 0.6) is 0 Å². The van der Waals surface area contributed by atoms with Gasteiger partial charge in [0.15, 0.2) is 0 Å². The molecule has 0 saturated heterocycles. The van der Waals surface area contributed by atoms with Crippen molar-refractivity contribution in [1.82, 2.24) is 0 Å². The number of esters is 1. The highest BCUT2D eigenvalue weighted by Gasteiger charge is 2.01. The molecule has 2 heteroatoms. The first-order valence-corrected chi connectivity index (χ1v) is 16.2. The molecule has 0 rings (SSSR count). The van der Waals surface area contributed by atoms with Crippen LogP contribution in [0.1, 0.15) is 155 Å². The van der Waals surface area contributed by atoms with Gasteiger partial charge in [-0.05, 0) is 51.4 Å². The van der Waals surface area contributed by atoms with Gasteiger partial charge in [0.25, 0.3) is 0 Å². The Kier molecular flexibility index (Phi) is 31.6. The summed E-state index contributed by atoms with van der Waals surface area (Å²) in [5, 5.41) is 0. The first-order chi connectivity index (χ1) is 18.8. The second-order valence-corrected chi connectivity index (χ2v) is 10.4. The summed E-state index contributed by atoms with van der Waals surface area (Å²) < 4.78 is 5.39. The Balaban J connectivity index is 3.37. The summed E-state index contributed by atoms with van der Waals surface area (Å²) in [5.74, 6) is -0.0351. The molecule has 0 radical (unpaired) electrons. The van der Waals surface area contributed by atoms with E-state index in [-0.39, 0.29) is 5.97 Å².